The molecule has 1 saturated heterocycles. The Bertz CT molecular complexity index is 671. The van der Waals surface area contributed by atoms with E-state index in [2.05, 4.69) is 22.4 Å². The fourth-order valence-electron chi connectivity index (χ4n) is 3.03. The maximum atomic E-state index is 12.4. The Labute approximate surface area is 142 Å². The zero-order valence-electron chi connectivity index (χ0n) is 14.2. The second-order valence-corrected chi connectivity index (χ2v) is 6.30. The van der Waals surface area contributed by atoms with Crippen LogP contribution in [-0.2, 0) is 11.2 Å². The highest BCUT2D eigenvalue weighted by Crippen LogP contribution is 2.30. The zero-order valence-corrected chi connectivity index (χ0v) is 14.2. The van der Waals surface area contributed by atoms with Crippen LogP contribution in [0.2, 0.25) is 0 Å². The Kier molecular flexibility index (Phi) is 5.25. The molecule has 128 valence electrons. The first-order valence-electron chi connectivity index (χ1n) is 8.53. The quantitative estimate of drug-likeness (QED) is 0.881. The van der Waals surface area contributed by atoms with Crippen LogP contribution in [0.5, 0.6) is 0 Å². The number of piperidine rings is 1. The summed E-state index contributed by atoms with van der Waals surface area (Å²) in [5.41, 5.74) is 1.00. The van der Waals surface area contributed by atoms with E-state index in [4.69, 9.17) is 4.52 Å². The molecule has 0 saturated carbocycles. The van der Waals surface area contributed by atoms with E-state index in [1.54, 1.807) is 0 Å². The minimum atomic E-state index is -0.301. The molecular weight excluding hydrogens is 304 g/mol. The molecule has 1 amide bonds. The van der Waals surface area contributed by atoms with E-state index in [-0.39, 0.29) is 18.0 Å². The summed E-state index contributed by atoms with van der Waals surface area (Å²) >= 11 is 0. The smallest absolute Gasteiger partial charge is 0.254 e. The molecule has 0 spiro atoms. The van der Waals surface area contributed by atoms with Crippen LogP contribution in [0.15, 0.2) is 34.9 Å². The molecule has 3 rings (SSSR count). The number of likely N-dealkylation sites (tertiary alicyclic amines) is 1. The van der Waals surface area contributed by atoms with Crippen molar-refractivity contribution in [3.05, 3.63) is 47.6 Å². The number of aromatic nitrogens is 2. The lowest BCUT2D eigenvalue weighted by molar-refractivity contribution is -0.135. The van der Waals surface area contributed by atoms with E-state index >= 15 is 0 Å². The molecule has 1 aromatic heterocycles. The van der Waals surface area contributed by atoms with Crippen molar-refractivity contribution in [2.24, 2.45) is 0 Å². The van der Waals surface area contributed by atoms with Gasteiger partial charge in [0.2, 0.25) is 5.91 Å². The number of carbonyl (C=O) groups excluding carboxylic acids is 1. The normalized spacial score (nSPS) is 17.8. The standard InChI is InChI=1S/C18H24N4O2/c1-13(19-2)12-15-20-18(24-21-15)17(14-8-4-3-5-9-14)22-11-7-6-10-16(22)23/h3-5,8-9,13,17,19H,6-7,10-12H2,1-2H3. The van der Waals surface area contributed by atoms with E-state index in [1.807, 2.05) is 42.3 Å². The van der Waals surface area contributed by atoms with Gasteiger partial charge in [-0.15, -0.1) is 0 Å². The van der Waals surface area contributed by atoms with Gasteiger partial charge in [-0.2, -0.15) is 4.98 Å². The first kappa shape index (κ1) is 16.6. The van der Waals surface area contributed by atoms with Gasteiger partial charge in [0.15, 0.2) is 5.82 Å². The second kappa shape index (κ2) is 7.57. The summed E-state index contributed by atoms with van der Waals surface area (Å²) in [5, 5.41) is 7.27. The predicted octanol–water partition coefficient (Wildman–Crippen LogP) is 2.32. The van der Waals surface area contributed by atoms with Crippen molar-refractivity contribution in [1.29, 1.82) is 0 Å². The van der Waals surface area contributed by atoms with E-state index in [0.29, 0.717) is 24.6 Å². The molecule has 6 heteroatoms. The molecule has 0 aliphatic carbocycles. The maximum absolute atomic E-state index is 12.4. The lowest BCUT2D eigenvalue weighted by Gasteiger charge is -2.32. The van der Waals surface area contributed by atoms with E-state index in [1.165, 1.54) is 0 Å². The van der Waals surface area contributed by atoms with E-state index in [0.717, 1.165) is 24.9 Å². The molecular formula is C18H24N4O2. The van der Waals surface area contributed by atoms with E-state index in [9.17, 15) is 4.79 Å². The van der Waals surface area contributed by atoms with Crippen LogP contribution in [0.4, 0.5) is 0 Å². The highest BCUT2D eigenvalue weighted by atomic mass is 16.5. The number of carbonyl (C=O) groups is 1. The molecule has 2 heterocycles. The fourth-order valence-corrected chi connectivity index (χ4v) is 3.03. The molecule has 1 aliphatic rings. The number of likely N-dealkylation sites (N-methyl/N-ethyl adjacent to an activating group) is 1. The van der Waals surface area contributed by atoms with E-state index < -0.39 is 0 Å². The third kappa shape index (κ3) is 3.64. The molecule has 2 aromatic rings. The molecule has 24 heavy (non-hydrogen) atoms. The summed E-state index contributed by atoms with van der Waals surface area (Å²) in [4.78, 5) is 18.9. The van der Waals surface area contributed by atoms with Gasteiger partial charge in [-0.3, -0.25) is 4.79 Å². The molecule has 2 unspecified atom stereocenters. The Balaban J connectivity index is 1.91. The fraction of sp³-hybridized carbons (Fsp3) is 0.500. The summed E-state index contributed by atoms with van der Waals surface area (Å²) < 4.78 is 5.55. The molecule has 1 aromatic carbocycles. The second-order valence-electron chi connectivity index (χ2n) is 6.30. The molecule has 1 fully saturated rings. The number of hydrogen-bond donors (Lipinski definition) is 1. The maximum Gasteiger partial charge on any atom is 0.254 e. The Hall–Kier alpha value is -2.21. The summed E-state index contributed by atoms with van der Waals surface area (Å²) in [7, 11) is 1.91. The Morgan fingerprint density at radius 1 is 1.29 bits per heavy atom. The Morgan fingerprint density at radius 3 is 2.79 bits per heavy atom. The van der Waals surface area contributed by atoms with Gasteiger partial charge in [-0.05, 0) is 32.4 Å². The van der Waals surface area contributed by atoms with Crippen LogP contribution >= 0.6 is 0 Å². The minimum Gasteiger partial charge on any atom is -0.337 e. The molecule has 1 aliphatic heterocycles. The highest BCUT2D eigenvalue weighted by molar-refractivity contribution is 5.77. The average molecular weight is 328 g/mol. The summed E-state index contributed by atoms with van der Waals surface area (Å²) in [6.07, 6.45) is 3.23. The zero-order chi connectivity index (χ0) is 16.9. The molecule has 6 nitrogen and oxygen atoms in total. The lowest BCUT2D eigenvalue weighted by atomic mass is 10.0. The molecule has 2 atom stereocenters. The van der Waals surface area contributed by atoms with Crippen LogP contribution in [0.1, 0.15) is 49.5 Å². The van der Waals surface area contributed by atoms with Crippen molar-refractivity contribution in [2.45, 2.75) is 44.7 Å². The topological polar surface area (TPSA) is 71.3 Å². The van der Waals surface area contributed by atoms with Crippen LogP contribution < -0.4 is 5.32 Å². The molecule has 0 bridgehead atoms. The number of amides is 1. The van der Waals surface area contributed by atoms with Gasteiger partial charge in [0.05, 0.1) is 0 Å². The summed E-state index contributed by atoms with van der Waals surface area (Å²) in [5.74, 6) is 1.31. The van der Waals surface area contributed by atoms with Gasteiger partial charge in [0.25, 0.3) is 5.89 Å². The van der Waals surface area contributed by atoms with Crippen molar-refractivity contribution in [2.75, 3.05) is 13.6 Å². The van der Waals surface area contributed by atoms with Crippen LogP contribution in [-0.4, -0.2) is 40.6 Å². The van der Waals surface area contributed by atoms with Gasteiger partial charge in [-0.25, -0.2) is 0 Å². The monoisotopic (exact) mass is 328 g/mol. The number of nitrogens with zero attached hydrogens (tertiary/aromatic N) is 3. The predicted molar refractivity (Wildman–Crippen MR) is 90.4 cm³/mol. The van der Waals surface area contributed by atoms with Gasteiger partial charge in [0, 0.05) is 25.4 Å². The van der Waals surface area contributed by atoms with Gasteiger partial charge >= 0.3 is 0 Å². The molecule has 1 N–H and O–H groups in total. The first-order chi connectivity index (χ1) is 11.7. The van der Waals surface area contributed by atoms with Crippen molar-refractivity contribution in [1.82, 2.24) is 20.4 Å². The third-order valence-corrected chi connectivity index (χ3v) is 4.49. The summed E-state index contributed by atoms with van der Waals surface area (Å²) in [6.45, 7) is 2.79. The minimum absolute atomic E-state index is 0.151. The van der Waals surface area contributed by atoms with Crippen molar-refractivity contribution in [3.8, 4) is 0 Å². The highest BCUT2D eigenvalue weighted by Gasteiger charge is 2.32. The summed E-state index contributed by atoms with van der Waals surface area (Å²) in [6, 6.07) is 9.88. The van der Waals surface area contributed by atoms with Crippen LogP contribution in [0, 0.1) is 0 Å². The number of nitrogens with one attached hydrogen (secondary N) is 1. The van der Waals surface area contributed by atoms with Crippen LogP contribution in [0.3, 0.4) is 0 Å². The average Bonchev–Trinajstić information content (AvgIpc) is 3.05. The van der Waals surface area contributed by atoms with Crippen molar-refractivity contribution < 1.29 is 9.32 Å². The molecule has 0 radical (unpaired) electrons. The largest absolute Gasteiger partial charge is 0.337 e. The van der Waals surface area contributed by atoms with Crippen LogP contribution in [0.25, 0.3) is 0 Å². The van der Waals surface area contributed by atoms with Gasteiger partial charge in [-0.1, -0.05) is 35.5 Å². The SMILES string of the molecule is CNC(C)Cc1noc(C(c2ccccc2)N2CCCCC2=O)n1. The lowest BCUT2D eigenvalue weighted by Crippen LogP contribution is -2.39. The third-order valence-electron chi connectivity index (χ3n) is 4.49. The number of rotatable bonds is 6. The van der Waals surface area contributed by atoms with Crippen molar-refractivity contribution >= 4 is 5.91 Å². The van der Waals surface area contributed by atoms with Crippen molar-refractivity contribution in [3.63, 3.8) is 0 Å². The van der Waals surface area contributed by atoms with Gasteiger partial charge in [0.1, 0.15) is 6.04 Å². The number of hydrogen-bond acceptors (Lipinski definition) is 5. The number of benzene rings is 1. The van der Waals surface area contributed by atoms with Gasteiger partial charge < -0.3 is 14.7 Å². The first-order valence-corrected chi connectivity index (χ1v) is 8.53. The Morgan fingerprint density at radius 2 is 2.08 bits per heavy atom.